The third-order valence-electron chi connectivity index (χ3n) is 6.67. The zero-order chi connectivity index (χ0) is 23.6. The lowest BCUT2D eigenvalue weighted by Gasteiger charge is -2.31. The molecule has 0 aromatic heterocycles. The van der Waals surface area contributed by atoms with Crippen LogP contribution in [0.4, 0.5) is 0 Å². The molecule has 2 heterocycles. The van der Waals surface area contributed by atoms with E-state index in [1.165, 1.54) is 11.1 Å². The summed E-state index contributed by atoms with van der Waals surface area (Å²) in [5.41, 5.74) is 6.94. The summed E-state index contributed by atoms with van der Waals surface area (Å²) in [6.45, 7) is 5.66. The largest absolute Gasteiger partial charge is 0.299 e. The van der Waals surface area contributed by atoms with E-state index in [0.29, 0.717) is 0 Å². The summed E-state index contributed by atoms with van der Waals surface area (Å²) in [7, 11) is 0. The van der Waals surface area contributed by atoms with Gasteiger partial charge in [-0.15, -0.1) is 0 Å². The van der Waals surface area contributed by atoms with Crippen molar-refractivity contribution in [3.8, 4) is 0 Å². The minimum atomic E-state index is 0.0768. The molecule has 0 saturated carbocycles. The molecule has 0 unspecified atom stereocenters. The van der Waals surface area contributed by atoms with Gasteiger partial charge in [-0.05, 0) is 36.8 Å². The molecule has 0 amide bonds. The minimum absolute atomic E-state index is 0.0768. The summed E-state index contributed by atoms with van der Waals surface area (Å²) in [6, 6.07) is 21.1. The van der Waals surface area contributed by atoms with Crippen molar-refractivity contribution < 1.29 is 10.4 Å². The molecule has 2 aliphatic heterocycles. The van der Waals surface area contributed by atoms with Crippen LogP contribution in [0.25, 0.3) is 0 Å². The van der Waals surface area contributed by atoms with E-state index in [2.05, 4.69) is 79.3 Å². The number of amidine groups is 2. The smallest absolute Gasteiger partial charge is 0.190 e. The first kappa shape index (κ1) is 24.3. The standard InChI is InChI=1S/C26H36N6O2/c33-29-25(27-23-11-15-31(16-12-23)19-21-7-3-1-4-8-21)26(30-34)28-24-13-17-32(18-14-24)20-22-9-5-2-6-10-22/h1-10,23-24,33-34H,11-20H2,(H,27,29)(H,28,30). The van der Waals surface area contributed by atoms with Crippen molar-refractivity contribution in [2.45, 2.75) is 50.9 Å². The van der Waals surface area contributed by atoms with Crippen molar-refractivity contribution in [2.75, 3.05) is 26.2 Å². The van der Waals surface area contributed by atoms with Gasteiger partial charge in [0.25, 0.3) is 0 Å². The average Bonchev–Trinajstić information content (AvgIpc) is 2.89. The number of hydrogen-bond acceptors (Lipinski definition) is 6. The number of hydroxylamine groups is 2. The Kier molecular flexibility index (Phi) is 9.04. The van der Waals surface area contributed by atoms with Crippen molar-refractivity contribution in [1.29, 1.82) is 0 Å². The zero-order valence-electron chi connectivity index (χ0n) is 19.7. The Labute approximate surface area is 201 Å². The van der Waals surface area contributed by atoms with Gasteiger partial charge >= 0.3 is 0 Å². The lowest BCUT2D eigenvalue weighted by Crippen LogP contribution is -2.42. The minimum Gasteiger partial charge on any atom is -0.299 e. The number of hydrogen-bond donors (Lipinski definition) is 4. The van der Waals surface area contributed by atoms with Crippen molar-refractivity contribution in [2.24, 2.45) is 9.98 Å². The molecule has 2 aromatic carbocycles. The van der Waals surface area contributed by atoms with Crippen molar-refractivity contribution in [1.82, 2.24) is 20.8 Å². The van der Waals surface area contributed by atoms with Gasteiger partial charge in [0.15, 0.2) is 11.7 Å². The van der Waals surface area contributed by atoms with Crippen LogP contribution in [0.3, 0.4) is 0 Å². The number of nitrogens with zero attached hydrogens (tertiary/aromatic N) is 4. The second-order valence-electron chi connectivity index (χ2n) is 9.16. The molecule has 0 spiro atoms. The first-order valence-electron chi connectivity index (χ1n) is 12.2. The van der Waals surface area contributed by atoms with Gasteiger partial charge in [0.2, 0.25) is 0 Å². The van der Waals surface area contributed by atoms with E-state index in [9.17, 15) is 10.4 Å². The third-order valence-corrected chi connectivity index (χ3v) is 6.67. The van der Waals surface area contributed by atoms with Gasteiger partial charge in [0, 0.05) is 39.3 Å². The lowest BCUT2D eigenvalue weighted by molar-refractivity contribution is 0.200. The van der Waals surface area contributed by atoms with Gasteiger partial charge in [-0.25, -0.2) is 11.0 Å². The summed E-state index contributed by atoms with van der Waals surface area (Å²) in [4.78, 5) is 14.2. The summed E-state index contributed by atoms with van der Waals surface area (Å²) in [6.07, 6.45) is 3.59. The Morgan fingerprint density at radius 3 is 1.32 bits per heavy atom. The summed E-state index contributed by atoms with van der Waals surface area (Å²) < 4.78 is 0. The van der Waals surface area contributed by atoms with Crippen LogP contribution in [0.1, 0.15) is 36.8 Å². The molecule has 0 bridgehead atoms. The maximum Gasteiger partial charge on any atom is 0.190 e. The number of nitrogens with one attached hydrogen (secondary N) is 2. The highest BCUT2D eigenvalue weighted by molar-refractivity contribution is 6.39. The van der Waals surface area contributed by atoms with Crippen LogP contribution in [-0.4, -0.2) is 70.1 Å². The number of rotatable bonds is 6. The molecule has 4 N–H and O–H groups in total. The second-order valence-corrected chi connectivity index (χ2v) is 9.16. The van der Waals surface area contributed by atoms with Crippen LogP contribution in [0.2, 0.25) is 0 Å². The van der Waals surface area contributed by atoms with E-state index in [4.69, 9.17) is 0 Å². The molecule has 8 heteroatoms. The fraction of sp³-hybridized carbons (Fsp3) is 0.462. The topological polar surface area (TPSA) is 95.7 Å². The Bertz CT molecular complexity index is 843. The molecular weight excluding hydrogens is 428 g/mol. The van der Waals surface area contributed by atoms with Crippen LogP contribution in [0, 0.1) is 0 Å². The number of aliphatic imine (C=N–C) groups is 2. The van der Waals surface area contributed by atoms with Crippen LogP contribution in [0.15, 0.2) is 70.6 Å². The third kappa shape index (κ3) is 7.11. The van der Waals surface area contributed by atoms with E-state index in [-0.39, 0.29) is 23.8 Å². The van der Waals surface area contributed by atoms with Crippen molar-refractivity contribution in [3.05, 3.63) is 71.8 Å². The molecule has 4 rings (SSSR count). The molecule has 0 atom stereocenters. The first-order chi connectivity index (χ1) is 16.7. The normalized spacial score (nSPS) is 19.8. The Balaban J connectivity index is 1.28. The molecule has 2 saturated heterocycles. The molecule has 2 aromatic rings. The van der Waals surface area contributed by atoms with Crippen LogP contribution >= 0.6 is 0 Å². The van der Waals surface area contributed by atoms with Gasteiger partial charge in [-0.3, -0.25) is 30.2 Å². The molecule has 2 aliphatic rings. The van der Waals surface area contributed by atoms with Gasteiger partial charge < -0.3 is 0 Å². The monoisotopic (exact) mass is 464 g/mol. The fourth-order valence-corrected chi connectivity index (χ4v) is 4.75. The van der Waals surface area contributed by atoms with Crippen LogP contribution in [-0.2, 0) is 13.1 Å². The van der Waals surface area contributed by atoms with Gasteiger partial charge in [-0.2, -0.15) is 0 Å². The average molecular weight is 465 g/mol. The number of piperidine rings is 2. The van der Waals surface area contributed by atoms with E-state index in [1.54, 1.807) is 0 Å². The molecule has 182 valence electrons. The van der Waals surface area contributed by atoms with E-state index in [1.807, 2.05) is 12.1 Å². The zero-order valence-corrected chi connectivity index (χ0v) is 19.7. The summed E-state index contributed by atoms with van der Waals surface area (Å²) in [5, 5.41) is 19.4. The predicted octanol–water partition coefficient (Wildman–Crippen LogP) is 3.07. The van der Waals surface area contributed by atoms with Gasteiger partial charge in [0.1, 0.15) is 0 Å². The van der Waals surface area contributed by atoms with E-state index in [0.717, 1.165) is 65.0 Å². The number of likely N-dealkylation sites (tertiary alicyclic amines) is 2. The maximum absolute atomic E-state index is 9.71. The summed E-state index contributed by atoms with van der Waals surface area (Å²) >= 11 is 0. The highest BCUT2D eigenvalue weighted by Crippen LogP contribution is 2.18. The highest BCUT2D eigenvalue weighted by atomic mass is 16.5. The molecular formula is C26H36N6O2. The SMILES string of the molecule is ONC(=NC1CCN(Cc2ccccc2)CC1)C(=NC1CCN(Cc2ccccc2)CC1)NO. The van der Waals surface area contributed by atoms with Crippen molar-refractivity contribution in [3.63, 3.8) is 0 Å². The molecule has 0 aliphatic carbocycles. The first-order valence-corrected chi connectivity index (χ1v) is 12.2. The highest BCUT2D eigenvalue weighted by Gasteiger charge is 2.23. The quantitative estimate of drug-likeness (QED) is 0.298. The van der Waals surface area contributed by atoms with E-state index >= 15 is 0 Å². The molecule has 8 nitrogen and oxygen atoms in total. The Morgan fingerprint density at radius 2 is 1.00 bits per heavy atom. The van der Waals surface area contributed by atoms with Crippen LogP contribution < -0.4 is 11.0 Å². The second kappa shape index (κ2) is 12.6. The van der Waals surface area contributed by atoms with Gasteiger partial charge in [0.05, 0.1) is 12.1 Å². The number of benzene rings is 2. The molecule has 0 radical (unpaired) electrons. The summed E-state index contributed by atoms with van der Waals surface area (Å²) in [5.74, 6) is 0.409. The van der Waals surface area contributed by atoms with Gasteiger partial charge in [-0.1, -0.05) is 60.7 Å². The lowest BCUT2D eigenvalue weighted by atomic mass is 10.0. The fourth-order valence-electron chi connectivity index (χ4n) is 4.75. The molecule has 2 fully saturated rings. The Morgan fingerprint density at radius 1 is 0.647 bits per heavy atom. The van der Waals surface area contributed by atoms with Crippen LogP contribution in [0.5, 0.6) is 0 Å². The maximum atomic E-state index is 9.71. The predicted molar refractivity (Wildman–Crippen MR) is 134 cm³/mol. The Hall–Kier alpha value is -2.78. The van der Waals surface area contributed by atoms with Crippen molar-refractivity contribution >= 4 is 11.7 Å². The molecule has 34 heavy (non-hydrogen) atoms. The van der Waals surface area contributed by atoms with E-state index < -0.39 is 0 Å².